The maximum absolute atomic E-state index is 10.9. The van der Waals surface area contributed by atoms with Gasteiger partial charge in [0.05, 0.1) is 0 Å². The van der Waals surface area contributed by atoms with Crippen molar-refractivity contribution in [3.63, 3.8) is 0 Å². The van der Waals surface area contributed by atoms with Crippen LogP contribution in [-0.2, 0) is 4.79 Å². The topological polar surface area (TPSA) is 61.4 Å². The molecule has 1 saturated heterocycles. The zero-order valence-corrected chi connectivity index (χ0v) is 7.60. The maximum Gasteiger partial charge on any atom is 0.322 e. The lowest BCUT2D eigenvalue weighted by molar-refractivity contribution is -0.139. The highest BCUT2D eigenvalue weighted by molar-refractivity contribution is 5.75. The molecule has 2 rings (SSSR count). The molecule has 1 aromatic rings. The SMILES string of the molecule is O=C(O)C1NNCC1c1ccccc1. The second kappa shape index (κ2) is 3.77. The van der Waals surface area contributed by atoms with E-state index in [-0.39, 0.29) is 5.92 Å². The van der Waals surface area contributed by atoms with Gasteiger partial charge < -0.3 is 5.11 Å². The highest BCUT2D eigenvalue weighted by atomic mass is 16.4. The van der Waals surface area contributed by atoms with Gasteiger partial charge in [0.15, 0.2) is 0 Å². The maximum atomic E-state index is 10.9. The molecule has 14 heavy (non-hydrogen) atoms. The molecule has 0 spiro atoms. The van der Waals surface area contributed by atoms with E-state index in [1.807, 2.05) is 30.3 Å². The van der Waals surface area contributed by atoms with E-state index in [0.717, 1.165) is 5.56 Å². The second-order valence-corrected chi connectivity index (χ2v) is 3.36. The van der Waals surface area contributed by atoms with Crippen LogP contribution in [0.3, 0.4) is 0 Å². The minimum Gasteiger partial charge on any atom is -0.480 e. The van der Waals surface area contributed by atoms with Crippen LogP contribution in [0.15, 0.2) is 30.3 Å². The average Bonchev–Trinajstić information content (AvgIpc) is 2.67. The first-order valence-corrected chi connectivity index (χ1v) is 4.55. The van der Waals surface area contributed by atoms with Crippen LogP contribution in [-0.4, -0.2) is 23.7 Å². The molecule has 0 aliphatic carbocycles. The number of benzene rings is 1. The molecule has 4 nitrogen and oxygen atoms in total. The fourth-order valence-corrected chi connectivity index (χ4v) is 1.74. The standard InChI is InChI=1S/C10H12N2O2/c13-10(14)9-8(6-11-12-9)7-4-2-1-3-5-7/h1-5,8-9,11-12H,6H2,(H,13,14). The predicted octanol–water partition coefficient (Wildman–Crippen LogP) is 0.331. The Morgan fingerprint density at radius 2 is 2.07 bits per heavy atom. The van der Waals surface area contributed by atoms with Gasteiger partial charge in [0.2, 0.25) is 0 Å². The molecule has 1 fully saturated rings. The van der Waals surface area contributed by atoms with Gasteiger partial charge in [-0.15, -0.1) is 0 Å². The van der Waals surface area contributed by atoms with Crippen LogP contribution in [0.25, 0.3) is 0 Å². The van der Waals surface area contributed by atoms with E-state index in [9.17, 15) is 4.79 Å². The molecular weight excluding hydrogens is 180 g/mol. The zero-order chi connectivity index (χ0) is 9.97. The normalized spacial score (nSPS) is 26.3. The Balaban J connectivity index is 2.22. The van der Waals surface area contributed by atoms with E-state index in [1.165, 1.54) is 0 Å². The number of aliphatic carboxylic acids is 1. The van der Waals surface area contributed by atoms with Crippen LogP contribution in [0.4, 0.5) is 0 Å². The molecule has 3 N–H and O–H groups in total. The predicted molar refractivity (Wildman–Crippen MR) is 51.7 cm³/mol. The summed E-state index contributed by atoms with van der Waals surface area (Å²) >= 11 is 0. The Morgan fingerprint density at radius 3 is 2.71 bits per heavy atom. The lowest BCUT2D eigenvalue weighted by Gasteiger charge is -2.13. The summed E-state index contributed by atoms with van der Waals surface area (Å²) in [5.74, 6) is -0.808. The number of nitrogens with one attached hydrogen (secondary N) is 2. The summed E-state index contributed by atoms with van der Waals surface area (Å²) in [5.41, 5.74) is 6.68. The van der Waals surface area contributed by atoms with Gasteiger partial charge in [0, 0.05) is 12.5 Å². The molecule has 1 aromatic carbocycles. The molecule has 1 heterocycles. The lowest BCUT2D eigenvalue weighted by atomic mass is 9.93. The number of hydrogen-bond acceptors (Lipinski definition) is 3. The lowest BCUT2D eigenvalue weighted by Crippen LogP contribution is -2.37. The number of hydrogen-bond donors (Lipinski definition) is 3. The largest absolute Gasteiger partial charge is 0.480 e. The van der Waals surface area contributed by atoms with Crippen molar-refractivity contribution in [3.8, 4) is 0 Å². The highest BCUT2D eigenvalue weighted by Crippen LogP contribution is 2.21. The first-order valence-electron chi connectivity index (χ1n) is 4.55. The van der Waals surface area contributed by atoms with Crippen molar-refractivity contribution in [2.75, 3.05) is 6.54 Å². The molecule has 0 bridgehead atoms. The van der Waals surface area contributed by atoms with Crippen molar-refractivity contribution in [2.45, 2.75) is 12.0 Å². The van der Waals surface area contributed by atoms with Gasteiger partial charge in [0.25, 0.3) is 0 Å². The molecular formula is C10H12N2O2. The summed E-state index contributed by atoms with van der Waals surface area (Å²) in [5, 5.41) is 8.94. The van der Waals surface area contributed by atoms with Gasteiger partial charge >= 0.3 is 5.97 Å². The van der Waals surface area contributed by atoms with E-state index in [4.69, 9.17) is 5.11 Å². The number of carboxylic acid groups (broad SMARTS) is 1. The smallest absolute Gasteiger partial charge is 0.322 e. The monoisotopic (exact) mass is 192 g/mol. The zero-order valence-electron chi connectivity index (χ0n) is 7.60. The minimum absolute atomic E-state index is 0.00806. The Morgan fingerprint density at radius 1 is 1.36 bits per heavy atom. The number of rotatable bonds is 2. The average molecular weight is 192 g/mol. The van der Waals surface area contributed by atoms with Crippen molar-refractivity contribution in [1.29, 1.82) is 0 Å². The van der Waals surface area contributed by atoms with Crippen LogP contribution in [0.2, 0.25) is 0 Å². The number of carbonyl (C=O) groups is 1. The summed E-state index contributed by atoms with van der Waals surface area (Å²) < 4.78 is 0. The Kier molecular flexibility index (Phi) is 2.47. The fraction of sp³-hybridized carbons (Fsp3) is 0.300. The first kappa shape index (κ1) is 9.18. The molecule has 0 aromatic heterocycles. The van der Waals surface area contributed by atoms with Gasteiger partial charge in [-0.05, 0) is 5.56 Å². The third-order valence-electron chi connectivity index (χ3n) is 2.48. The van der Waals surface area contributed by atoms with Gasteiger partial charge in [-0.1, -0.05) is 30.3 Å². The van der Waals surface area contributed by atoms with Crippen molar-refractivity contribution < 1.29 is 9.90 Å². The summed E-state index contributed by atoms with van der Waals surface area (Å²) in [6.07, 6.45) is 0. The van der Waals surface area contributed by atoms with Crippen molar-refractivity contribution in [1.82, 2.24) is 10.9 Å². The molecule has 2 unspecified atom stereocenters. The molecule has 1 aliphatic heterocycles. The van der Waals surface area contributed by atoms with Crippen LogP contribution < -0.4 is 10.9 Å². The molecule has 74 valence electrons. The molecule has 0 radical (unpaired) electrons. The fourth-order valence-electron chi connectivity index (χ4n) is 1.74. The van der Waals surface area contributed by atoms with Crippen LogP contribution >= 0.6 is 0 Å². The van der Waals surface area contributed by atoms with Crippen molar-refractivity contribution in [2.24, 2.45) is 0 Å². The summed E-state index contributed by atoms with van der Waals surface area (Å²) in [6, 6.07) is 9.15. The molecule has 0 amide bonds. The summed E-state index contributed by atoms with van der Waals surface area (Å²) in [6.45, 7) is 0.654. The molecule has 4 heteroatoms. The van der Waals surface area contributed by atoms with Gasteiger partial charge in [0.1, 0.15) is 6.04 Å². The second-order valence-electron chi connectivity index (χ2n) is 3.36. The highest BCUT2D eigenvalue weighted by Gasteiger charge is 2.33. The van der Waals surface area contributed by atoms with E-state index in [2.05, 4.69) is 10.9 Å². The van der Waals surface area contributed by atoms with Crippen LogP contribution in [0.1, 0.15) is 11.5 Å². The van der Waals surface area contributed by atoms with Crippen molar-refractivity contribution in [3.05, 3.63) is 35.9 Å². The van der Waals surface area contributed by atoms with E-state index < -0.39 is 12.0 Å². The number of carboxylic acids is 1. The van der Waals surface area contributed by atoms with E-state index in [1.54, 1.807) is 0 Å². The summed E-state index contributed by atoms with van der Waals surface area (Å²) in [7, 11) is 0. The van der Waals surface area contributed by atoms with Crippen molar-refractivity contribution >= 4 is 5.97 Å². The summed E-state index contributed by atoms with van der Waals surface area (Å²) in [4.78, 5) is 10.9. The van der Waals surface area contributed by atoms with Gasteiger partial charge in [-0.3, -0.25) is 10.2 Å². The van der Waals surface area contributed by atoms with Crippen LogP contribution in [0, 0.1) is 0 Å². The first-order chi connectivity index (χ1) is 6.79. The quantitative estimate of drug-likeness (QED) is 0.632. The third-order valence-corrected chi connectivity index (χ3v) is 2.48. The molecule has 1 aliphatic rings. The Hall–Kier alpha value is -1.39. The van der Waals surface area contributed by atoms with E-state index in [0.29, 0.717) is 6.54 Å². The number of hydrazine groups is 1. The van der Waals surface area contributed by atoms with Gasteiger partial charge in [-0.25, -0.2) is 5.43 Å². The Bertz CT molecular complexity index is 326. The third kappa shape index (κ3) is 1.62. The van der Waals surface area contributed by atoms with Gasteiger partial charge in [-0.2, -0.15) is 0 Å². The molecule has 0 saturated carbocycles. The minimum atomic E-state index is -0.816. The Labute approximate surface area is 81.9 Å². The van der Waals surface area contributed by atoms with Crippen LogP contribution in [0.5, 0.6) is 0 Å². The van der Waals surface area contributed by atoms with E-state index >= 15 is 0 Å². The molecule has 2 atom stereocenters.